The molecular formula is C14H20N2OS. The van der Waals surface area contributed by atoms with Gasteiger partial charge in [-0.25, -0.2) is 0 Å². The Hall–Kier alpha value is -0.920. The summed E-state index contributed by atoms with van der Waals surface area (Å²) in [6.07, 6.45) is 2.78. The lowest BCUT2D eigenvalue weighted by Gasteiger charge is -2.34. The number of hydrogen-bond acceptors (Lipinski definition) is 4. The Morgan fingerprint density at radius 3 is 3.11 bits per heavy atom. The Morgan fingerprint density at radius 2 is 2.39 bits per heavy atom. The first kappa shape index (κ1) is 13.5. The highest BCUT2D eigenvalue weighted by atomic mass is 32.2. The highest BCUT2D eigenvalue weighted by Crippen LogP contribution is 2.30. The molecular weight excluding hydrogens is 244 g/mol. The van der Waals surface area contributed by atoms with E-state index in [0.29, 0.717) is 12.5 Å². The van der Waals surface area contributed by atoms with E-state index in [1.165, 1.54) is 5.75 Å². The van der Waals surface area contributed by atoms with Crippen LogP contribution in [0.2, 0.25) is 0 Å². The minimum absolute atomic E-state index is 0.416. The van der Waals surface area contributed by atoms with Crippen LogP contribution in [0.3, 0.4) is 0 Å². The summed E-state index contributed by atoms with van der Waals surface area (Å²) in [7, 11) is 0. The third kappa shape index (κ3) is 3.54. The van der Waals surface area contributed by atoms with E-state index in [9.17, 15) is 0 Å². The van der Waals surface area contributed by atoms with E-state index in [1.807, 2.05) is 24.8 Å². The van der Waals surface area contributed by atoms with Crippen molar-refractivity contribution in [1.82, 2.24) is 4.90 Å². The molecule has 1 atom stereocenters. The lowest BCUT2D eigenvalue weighted by Crippen LogP contribution is -2.36. The van der Waals surface area contributed by atoms with Gasteiger partial charge in [0.1, 0.15) is 11.5 Å². The maximum absolute atomic E-state index is 8.55. The predicted molar refractivity (Wildman–Crippen MR) is 74.5 cm³/mol. The fourth-order valence-electron chi connectivity index (χ4n) is 2.32. The van der Waals surface area contributed by atoms with Crippen molar-refractivity contribution in [1.29, 1.82) is 5.26 Å². The molecule has 0 saturated carbocycles. The van der Waals surface area contributed by atoms with Crippen LogP contribution >= 0.6 is 11.8 Å². The van der Waals surface area contributed by atoms with E-state index in [4.69, 9.17) is 9.68 Å². The molecule has 0 aromatic carbocycles. The standard InChI is InChI=1S/C14H20N2OS/c1-12-5-6-14(17-12)13-11-18-10-9-16(13)8-4-2-3-7-15/h5-6,13H,2-4,8-11H2,1H3. The molecule has 18 heavy (non-hydrogen) atoms. The molecule has 1 aliphatic heterocycles. The van der Waals surface area contributed by atoms with Gasteiger partial charge >= 0.3 is 0 Å². The normalized spacial score (nSPS) is 20.8. The summed E-state index contributed by atoms with van der Waals surface area (Å²) in [5.74, 6) is 4.41. The molecule has 1 saturated heterocycles. The first-order chi connectivity index (χ1) is 8.81. The second kappa shape index (κ2) is 6.86. The molecule has 0 radical (unpaired) electrons. The van der Waals surface area contributed by atoms with Crippen molar-refractivity contribution < 1.29 is 4.42 Å². The summed E-state index contributed by atoms with van der Waals surface area (Å²) in [6, 6.07) is 6.78. The van der Waals surface area contributed by atoms with Crippen molar-refractivity contribution in [2.45, 2.75) is 32.2 Å². The number of nitriles is 1. The van der Waals surface area contributed by atoms with E-state index in [2.05, 4.69) is 17.0 Å². The maximum atomic E-state index is 8.55. The Balaban J connectivity index is 1.91. The lowest BCUT2D eigenvalue weighted by atomic mass is 10.1. The Labute approximate surface area is 113 Å². The summed E-state index contributed by atoms with van der Waals surface area (Å²) in [5.41, 5.74) is 0. The van der Waals surface area contributed by atoms with E-state index in [1.54, 1.807) is 0 Å². The van der Waals surface area contributed by atoms with Crippen LogP contribution in [0.5, 0.6) is 0 Å². The number of nitrogens with zero attached hydrogens (tertiary/aromatic N) is 2. The molecule has 98 valence electrons. The van der Waals surface area contributed by atoms with Gasteiger partial charge in [0, 0.05) is 24.5 Å². The molecule has 1 fully saturated rings. The SMILES string of the molecule is Cc1ccc(C2CSCCN2CCCCC#N)o1. The van der Waals surface area contributed by atoms with Gasteiger partial charge in [-0.15, -0.1) is 0 Å². The van der Waals surface area contributed by atoms with Crippen LogP contribution < -0.4 is 0 Å². The van der Waals surface area contributed by atoms with Crippen molar-refractivity contribution in [2.24, 2.45) is 0 Å². The molecule has 1 aromatic rings. The highest BCUT2D eigenvalue weighted by molar-refractivity contribution is 7.99. The monoisotopic (exact) mass is 264 g/mol. The highest BCUT2D eigenvalue weighted by Gasteiger charge is 2.26. The molecule has 1 aromatic heterocycles. The molecule has 0 aliphatic carbocycles. The Morgan fingerprint density at radius 1 is 1.50 bits per heavy atom. The number of rotatable bonds is 5. The fourth-order valence-corrected chi connectivity index (χ4v) is 3.45. The van der Waals surface area contributed by atoms with Crippen LogP contribution in [-0.2, 0) is 0 Å². The fraction of sp³-hybridized carbons (Fsp3) is 0.643. The van der Waals surface area contributed by atoms with Gasteiger partial charge in [-0.05, 0) is 38.4 Å². The summed E-state index contributed by atoms with van der Waals surface area (Å²) in [5, 5.41) is 8.55. The number of unbranched alkanes of at least 4 members (excludes halogenated alkanes) is 2. The molecule has 4 heteroatoms. The van der Waals surface area contributed by atoms with Crippen molar-refractivity contribution in [3.63, 3.8) is 0 Å². The molecule has 0 bridgehead atoms. The summed E-state index contributed by atoms with van der Waals surface area (Å²) in [4.78, 5) is 2.51. The van der Waals surface area contributed by atoms with Crippen LogP contribution in [-0.4, -0.2) is 29.5 Å². The number of furan rings is 1. The molecule has 0 amide bonds. The lowest BCUT2D eigenvalue weighted by molar-refractivity contribution is 0.192. The minimum atomic E-state index is 0.416. The van der Waals surface area contributed by atoms with Gasteiger partial charge < -0.3 is 4.42 Å². The molecule has 0 spiro atoms. The maximum Gasteiger partial charge on any atom is 0.122 e. The molecule has 3 nitrogen and oxygen atoms in total. The second-order valence-electron chi connectivity index (χ2n) is 4.69. The zero-order valence-corrected chi connectivity index (χ0v) is 11.7. The first-order valence-corrected chi connectivity index (χ1v) is 7.72. The quantitative estimate of drug-likeness (QED) is 0.764. The van der Waals surface area contributed by atoms with Crippen LogP contribution in [0.4, 0.5) is 0 Å². The van der Waals surface area contributed by atoms with Gasteiger partial charge in [-0.2, -0.15) is 17.0 Å². The van der Waals surface area contributed by atoms with Gasteiger partial charge in [-0.1, -0.05) is 0 Å². The second-order valence-corrected chi connectivity index (χ2v) is 5.84. The topological polar surface area (TPSA) is 40.2 Å². The molecule has 1 aliphatic rings. The zero-order valence-electron chi connectivity index (χ0n) is 10.9. The molecule has 2 rings (SSSR count). The summed E-state index contributed by atoms with van der Waals surface area (Å²) < 4.78 is 5.77. The summed E-state index contributed by atoms with van der Waals surface area (Å²) >= 11 is 2.00. The van der Waals surface area contributed by atoms with E-state index >= 15 is 0 Å². The van der Waals surface area contributed by atoms with Gasteiger partial charge in [0.2, 0.25) is 0 Å². The smallest absolute Gasteiger partial charge is 0.122 e. The predicted octanol–water partition coefficient (Wildman–Crippen LogP) is 3.37. The first-order valence-electron chi connectivity index (χ1n) is 6.56. The van der Waals surface area contributed by atoms with Crippen molar-refractivity contribution in [2.75, 3.05) is 24.6 Å². The zero-order chi connectivity index (χ0) is 12.8. The van der Waals surface area contributed by atoms with Crippen molar-refractivity contribution in [3.8, 4) is 6.07 Å². The van der Waals surface area contributed by atoms with Crippen LogP contribution in [0.1, 0.15) is 36.8 Å². The van der Waals surface area contributed by atoms with E-state index < -0.39 is 0 Å². The van der Waals surface area contributed by atoms with Crippen LogP contribution in [0.15, 0.2) is 16.5 Å². The average molecular weight is 264 g/mol. The summed E-state index contributed by atoms with van der Waals surface area (Å²) in [6.45, 7) is 4.20. The largest absolute Gasteiger partial charge is 0.465 e. The third-order valence-electron chi connectivity index (χ3n) is 3.31. The van der Waals surface area contributed by atoms with Crippen molar-refractivity contribution >= 4 is 11.8 Å². The number of aryl methyl sites for hydroxylation is 1. The van der Waals surface area contributed by atoms with Gasteiger partial charge in [0.15, 0.2) is 0 Å². The average Bonchev–Trinajstić information content (AvgIpc) is 2.82. The van der Waals surface area contributed by atoms with Crippen LogP contribution in [0, 0.1) is 18.3 Å². The third-order valence-corrected chi connectivity index (χ3v) is 4.34. The van der Waals surface area contributed by atoms with Crippen molar-refractivity contribution in [3.05, 3.63) is 23.7 Å². The number of thioether (sulfide) groups is 1. The Bertz CT molecular complexity index is 410. The van der Waals surface area contributed by atoms with Gasteiger partial charge in [0.05, 0.1) is 12.1 Å². The number of hydrogen-bond donors (Lipinski definition) is 0. The molecule has 1 unspecified atom stereocenters. The van der Waals surface area contributed by atoms with E-state index in [0.717, 1.165) is 43.2 Å². The van der Waals surface area contributed by atoms with Gasteiger partial charge in [0.25, 0.3) is 0 Å². The minimum Gasteiger partial charge on any atom is -0.465 e. The van der Waals surface area contributed by atoms with Gasteiger partial charge in [-0.3, -0.25) is 4.90 Å². The Kier molecular flexibility index (Phi) is 5.15. The van der Waals surface area contributed by atoms with E-state index in [-0.39, 0.29) is 0 Å². The molecule has 0 N–H and O–H groups in total. The molecule has 2 heterocycles. The van der Waals surface area contributed by atoms with Crippen LogP contribution in [0.25, 0.3) is 0 Å².